The van der Waals surface area contributed by atoms with Gasteiger partial charge in [-0.15, -0.1) is 0 Å². The first-order valence-electron chi connectivity index (χ1n) is 6.86. The van der Waals surface area contributed by atoms with Crippen LogP contribution in [0.2, 0.25) is 0 Å². The Balaban J connectivity index is 1.81. The number of ether oxygens (including phenoxy) is 1. The number of ketones is 1. The number of carbonyl (C=O) groups excluding carboxylic acids is 2. The van der Waals surface area contributed by atoms with Gasteiger partial charge in [-0.25, -0.2) is 0 Å². The molecule has 1 saturated carbocycles. The molecule has 0 atom stereocenters. The summed E-state index contributed by atoms with van der Waals surface area (Å²) in [6.07, 6.45) is 4.75. The second-order valence-corrected chi connectivity index (χ2v) is 5.16. The van der Waals surface area contributed by atoms with Gasteiger partial charge in [-0.05, 0) is 29.9 Å². The monoisotopic (exact) mass is 260 g/mol. The van der Waals surface area contributed by atoms with Gasteiger partial charge >= 0.3 is 5.97 Å². The van der Waals surface area contributed by atoms with E-state index in [-0.39, 0.29) is 24.6 Å². The van der Waals surface area contributed by atoms with Gasteiger partial charge in [0, 0.05) is 12.8 Å². The predicted molar refractivity (Wildman–Crippen MR) is 73.0 cm³/mol. The number of hydrogen-bond acceptors (Lipinski definition) is 3. The van der Waals surface area contributed by atoms with E-state index in [1.165, 1.54) is 31.9 Å². The van der Waals surface area contributed by atoms with Crippen molar-refractivity contribution in [2.45, 2.75) is 44.4 Å². The smallest absolute Gasteiger partial charge is 0.305 e. The van der Waals surface area contributed by atoms with Crippen LogP contribution in [0.5, 0.6) is 0 Å². The van der Waals surface area contributed by atoms with E-state index in [9.17, 15) is 9.59 Å². The molecule has 1 aliphatic carbocycles. The lowest BCUT2D eigenvalue weighted by Crippen LogP contribution is -2.09. The molecule has 1 aliphatic rings. The second-order valence-electron chi connectivity index (χ2n) is 5.16. The molecule has 1 aromatic carbocycles. The van der Waals surface area contributed by atoms with Gasteiger partial charge in [-0.3, -0.25) is 9.59 Å². The molecule has 0 heterocycles. The molecule has 1 aromatic rings. The predicted octanol–water partition coefficient (Wildman–Crippen LogP) is 3.02. The Morgan fingerprint density at radius 3 is 2.37 bits per heavy atom. The molecule has 0 saturated heterocycles. The van der Waals surface area contributed by atoms with Crippen molar-refractivity contribution in [1.29, 1.82) is 0 Å². The first-order valence-corrected chi connectivity index (χ1v) is 6.86. The van der Waals surface area contributed by atoms with Crippen LogP contribution in [0, 0.1) is 0 Å². The summed E-state index contributed by atoms with van der Waals surface area (Å²) in [5.41, 5.74) is 2.41. The summed E-state index contributed by atoms with van der Waals surface area (Å²) >= 11 is 0. The third-order valence-corrected chi connectivity index (χ3v) is 3.79. The number of methoxy groups -OCH3 is 1. The zero-order chi connectivity index (χ0) is 13.7. The van der Waals surface area contributed by atoms with Crippen molar-refractivity contribution in [3.8, 4) is 0 Å². The number of esters is 1. The van der Waals surface area contributed by atoms with Crippen LogP contribution in [0.1, 0.15) is 49.1 Å². The highest BCUT2D eigenvalue weighted by molar-refractivity contribution is 5.84. The summed E-state index contributed by atoms with van der Waals surface area (Å²) in [4.78, 5) is 22.7. The third kappa shape index (κ3) is 3.91. The first kappa shape index (κ1) is 13.8. The van der Waals surface area contributed by atoms with Crippen LogP contribution in [-0.4, -0.2) is 18.9 Å². The number of rotatable bonds is 6. The normalized spacial score (nSPS) is 14.8. The van der Waals surface area contributed by atoms with Gasteiger partial charge in [0.1, 0.15) is 5.78 Å². The van der Waals surface area contributed by atoms with E-state index in [2.05, 4.69) is 16.9 Å². The minimum absolute atomic E-state index is 0.0850. The molecule has 102 valence electrons. The molecule has 0 N–H and O–H groups in total. The SMILES string of the molecule is COC(=O)CCC(=O)Cc1ccc(C2CCC2)cc1. The van der Waals surface area contributed by atoms with Crippen LogP contribution in [0.3, 0.4) is 0 Å². The van der Waals surface area contributed by atoms with Crippen molar-refractivity contribution in [1.82, 2.24) is 0 Å². The molecule has 0 radical (unpaired) electrons. The van der Waals surface area contributed by atoms with Gasteiger partial charge in [-0.1, -0.05) is 30.7 Å². The van der Waals surface area contributed by atoms with Crippen molar-refractivity contribution in [2.75, 3.05) is 7.11 Å². The van der Waals surface area contributed by atoms with E-state index in [0.717, 1.165) is 11.5 Å². The highest BCUT2D eigenvalue weighted by Gasteiger charge is 2.19. The van der Waals surface area contributed by atoms with Gasteiger partial charge in [0.05, 0.1) is 13.5 Å². The van der Waals surface area contributed by atoms with Crippen LogP contribution in [0.25, 0.3) is 0 Å². The average molecular weight is 260 g/mol. The quantitative estimate of drug-likeness (QED) is 0.738. The standard InChI is InChI=1S/C16H20O3/c1-19-16(18)10-9-15(17)11-12-5-7-14(8-6-12)13-3-2-4-13/h5-8,13H,2-4,9-11H2,1H3. The average Bonchev–Trinajstić information content (AvgIpc) is 2.36. The molecular formula is C16H20O3. The summed E-state index contributed by atoms with van der Waals surface area (Å²) in [5, 5.41) is 0. The number of carbonyl (C=O) groups is 2. The maximum atomic E-state index is 11.7. The molecule has 3 nitrogen and oxygen atoms in total. The van der Waals surface area contributed by atoms with E-state index < -0.39 is 0 Å². The van der Waals surface area contributed by atoms with E-state index in [4.69, 9.17) is 0 Å². The van der Waals surface area contributed by atoms with Gasteiger partial charge in [-0.2, -0.15) is 0 Å². The van der Waals surface area contributed by atoms with Crippen LogP contribution < -0.4 is 0 Å². The zero-order valence-electron chi connectivity index (χ0n) is 11.4. The molecular weight excluding hydrogens is 240 g/mol. The lowest BCUT2D eigenvalue weighted by molar-refractivity contribution is -0.141. The van der Waals surface area contributed by atoms with Crippen molar-refractivity contribution < 1.29 is 14.3 Å². The molecule has 2 rings (SSSR count). The summed E-state index contributed by atoms with van der Waals surface area (Å²) in [6, 6.07) is 8.33. The fraction of sp³-hybridized carbons (Fsp3) is 0.500. The minimum Gasteiger partial charge on any atom is -0.469 e. The largest absolute Gasteiger partial charge is 0.469 e. The molecule has 0 aromatic heterocycles. The van der Waals surface area contributed by atoms with Gasteiger partial charge in [0.15, 0.2) is 0 Å². The summed E-state index contributed by atoms with van der Waals surface area (Å²) in [7, 11) is 1.34. The van der Waals surface area contributed by atoms with E-state index in [1.54, 1.807) is 0 Å². The summed E-state index contributed by atoms with van der Waals surface area (Å²) in [6.45, 7) is 0. The zero-order valence-corrected chi connectivity index (χ0v) is 11.4. The summed E-state index contributed by atoms with van der Waals surface area (Å²) < 4.78 is 4.52. The summed E-state index contributed by atoms with van der Waals surface area (Å²) in [5.74, 6) is 0.486. The lowest BCUT2D eigenvalue weighted by Gasteiger charge is -2.25. The fourth-order valence-electron chi connectivity index (χ4n) is 2.31. The Hall–Kier alpha value is -1.64. The van der Waals surface area contributed by atoms with Crippen LogP contribution in [0.4, 0.5) is 0 Å². The Morgan fingerprint density at radius 1 is 1.16 bits per heavy atom. The molecule has 3 heteroatoms. The number of benzene rings is 1. The minimum atomic E-state index is -0.325. The Labute approximate surface area is 114 Å². The van der Waals surface area contributed by atoms with Crippen molar-refractivity contribution in [3.63, 3.8) is 0 Å². The third-order valence-electron chi connectivity index (χ3n) is 3.79. The van der Waals surface area contributed by atoms with Crippen LogP contribution in [-0.2, 0) is 20.7 Å². The van der Waals surface area contributed by atoms with Crippen LogP contribution >= 0.6 is 0 Å². The topological polar surface area (TPSA) is 43.4 Å². The highest BCUT2D eigenvalue weighted by Crippen LogP contribution is 2.36. The maximum absolute atomic E-state index is 11.7. The Kier molecular flexibility index (Phi) is 4.72. The van der Waals surface area contributed by atoms with Crippen molar-refractivity contribution in [3.05, 3.63) is 35.4 Å². The number of Topliss-reactive ketones (excluding diaryl/α,β-unsaturated/α-hetero) is 1. The molecule has 19 heavy (non-hydrogen) atoms. The molecule has 0 aliphatic heterocycles. The molecule has 0 spiro atoms. The Morgan fingerprint density at radius 2 is 1.84 bits per heavy atom. The van der Waals surface area contributed by atoms with Crippen LogP contribution in [0.15, 0.2) is 24.3 Å². The fourth-order valence-corrected chi connectivity index (χ4v) is 2.31. The van der Waals surface area contributed by atoms with Crippen molar-refractivity contribution in [2.24, 2.45) is 0 Å². The molecule has 0 unspecified atom stereocenters. The number of hydrogen-bond donors (Lipinski definition) is 0. The van der Waals surface area contributed by atoms with Crippen molar-refractivity contribution >= 4 is 11.8 Å². The molecule has 1 fully saturated rings. The van der Waals surface area contributed by atoms with Gasteiger partial charge in [0.2, 0.25) is 0 Å². The lowest BCUT2D eigenvalue weighted by atomic mass is 9.80. The van der Waals surface area contributed by atoms with E-state index in [1.807, 2.05) is 12.1 Å². The van der Waals surface area contributed by atoms with E-state index >= 15 is 0 Å². The Bertz CT molecular complexity index is 444. The van der Waals surface area contributed by atoms with Gasteiger partial charge < -0.3 is 4.74 Å². The maximum Gasteiger partial charge on any atom is 0.305 e. The molecule has 0 amide bonds. The van der Waals surface area contributed by atoms with E-state index in [0.29, 0.717) is 6.42 Å². The molecule has 0 bridgehead atoms. The first-order chi connectivity index (χ1) is 9.19. The second kappa shape index (κ2) is 6.50. The van der Waals surface area contributed by atoms with Gasteiger partial charge in [0.25, 0.3) is 0 Å². The highest BCUT2D eigenvalue weighted by atomic mass is 16.5.